The Bertz CT molecular complexity index is 1030. The molecule has 8 heteroatoms. The Labute approximate surface area is 193 Å². The monoisotopic (exact) mass is 454 g/mol. The van der Waals surface area contributed by atoms with Gasteiger partial charge in [0.1, 0.15) is 0 Å². The van der Waals surface area contributed by atoms with Gasteiger partial charge < -0.3 is 29.2 Å². The Morgan fingerprint density at radius 3 is 2.64 bits per heavy atom. The number of carbonyl (C=O) groups excluding carboxylic acids is 2. The summed E-state index contributed by atoms with van der Waals surface area (Å²) in [6.45, 7) is 2.20. The highest BCUT2D eigenvalue weighted by molar-refractivity contribution is 6.09. The fourth-order valence-electron chi connectivity index (χ4n) is 4.56. The maximum absolute atomic E-state index is 13.1. The average molecular weight is 455 g/mol. The van der Waals surface area contributed by atoms with Crippen LogP contribution in [0.25, 0.3) is 0 Å². The summed E-state index contributed by atoms with van der Waals surface area (Å²) in [5.74, 6) is 1.30. The second-order valence-electron chi connectivity index (χ2n) is 8.16. The fourth-order valence-corrected chi connectivity index (χ4v) is 4.56. The summed E-state index contributed by atoms with van der Waals surface area (Å²) < 4.78 is 21.9. The van der Waals surface area contributed by atoms with Crippen LogP contribution in [0.5, 0.6) is 17.2 Å². The van der Waals surface area contributed by atoms with Gasteiger partial charge in [-0.3, -0.25) is 9.59 Å². The van der Waals surface area contributed by atoms with E-state index in [4.69, 9.17) is 18.9 Å². The average Bonchev–Trinajstić information content (AvgIpc) is 3.46. The van der Waals surface area contributed by atoms with Crippen LogP contribution in [0.3, 0.4) is 0 Å². The normalized spacial score (nSPS) is 17.1. The third kappa shape index (κ3) is 4.61. The van der Waals surface area contributed by atoms with Crippen molar-refractivity contribution in [1.29, 1.82) is 0 Å². The molecule has 2 heterocycles. The maximum Gasteiger partial charge on any atom is 0.255 e. The standard InChI is InChI=1S/C25H30N2O6/c1-30-20-10-9-16(22(31-2)23(20)32-3)11-12-26-24(28)19-8-4-6-17-14-27(25(29)21(17)19)15-18-7-5-13-33-18/h4,6,8-10,18H,5,7,11-15H2,1-3H3,(H,26,28)/t18-/m0/s1. The first-order chi connectivity index (χ1) is 16.1. The van der Waals surface area contributed by atoms with Crippen LogP contribution >= 0.6 is 0 Å². The van der Waals surface area contributed by atoms with Gasteiger partial charge in [0.15, 0.2) is 11.5 Å². The molecule has 2 amide bonds. The Balaban J connectivity index is 1.43. The van der Waals surface area contributed by atoms with Crippen LogP contribution in [0.2, 0.25) is 0 Å². The van der Waals surface area contributed by atoms with Crippen molar-refractivity contribution in [2.45, 2.75) is 31.9 Å². The van der Waals surface area contributed by atoms with Crippen molar-refractivity contribution >= 4 is 11.8 Å². The molecule has 2 aliphatic rings. The smallest absolute Gasteiger partial charge is 0.255 e. The minimum absolute atomic E-state index is 0.0806. The molecule has 1 saturated heterocycles. The molecule has 0 aromatic heterocycles. The van der Waals surface area contributed by atoms with Crippen molar-refractivity contribution < 1.29 is 28.5 Å². The van der Waals surface area contributed by atoms with Crippen LogP contribution in [0.4, 0.5) is 0 Å². The molecule has 4 rings (SSSR count). The second kappa shape index (κ2) is 10.1. The number of rotatable bonds is 9. The Morgan fingerprint density at radius 1 is 1.12 bits per heavy atom. The van der Waals surface area contributed by atoms with Gasteiger partial charge in [-0.25, -0.2) is 0 Å². The van der Waals surface area contributed by atoms with Crippen molar-refractivity contribution in [2.24, 2.45) is 0 Å². The van der Waals surface area contributed by atoms with Gasteiger partial charge in [0.25, 0.3) is 11.8 Å². The Hall–Kier alpha value is -3.26. The van der Waals surface area contributed by atoms with Crippen molar-refractivity contribution in [3.05, 3.63) is 52.6 Å². The van der Waals surface area contributed by atoms with Crippen molar-refractivity contribution in [3.8, 4) is 17.2 Å². The first kappa shape index (κ1) is 22.9. The van der Waals surface area contributed by atoms with Crippen LogP contribution in [0.15, 0.2) is 30.3 Å². The molecular weight excluding hydrogens is 424 g/mol. The highest BCUT2D eigenvalue weighted by Crippen LogP contribution is 2.39. The van der Waals surface area contributed by atoms with Crippen LogP contribution in [-0.4, -0.2) is 63.8 Å². The third-order valence-electron chi connectivity index (χ3n) is 6.17. The van der Waals surface area contributed by atoms with Gasteiger partial charge in [-0.2, -0.15) is 0 Å². The molecule has 8 nitrogen and oxygen atoms in total. The van der Waals surface area contributed by atoms with Crippen molar-refractivity contribution in [1.82, 2.24) is 10.2 Å². The van der Waals surface area contributed by atoms with Gasteiger partial charge in [-0.1, -0.05) is 18.2 Å². The predicted molar refractivity (Wildman–Crippen MR) is 122 cm³/mol. The Kier molecular flexibility index (Phi) is 7.03. The zero-order valence-corrected chi connectivity index (χ0v) is 19.3. The zero-order chi connectivity index (χ0) is 23.4. The molecule has 2 aromatic carbocycles. The van der Waals surface area contributed by atoms with Gasteiger partial charge >= 0.3 is 0 Å². The molecule has 0 saturated carbocycles. The van der Waals surface area contributed by atoms with E-state index in [0.717, 1.165) is 30.6 Å². The molecule has 0 spiro atoms. The summed E-state index contributed by atoms with van der Waals surface area (Å²) in [5.41, 5.74) is 2.67. The highest BCUT2D eigenvalue weighted by Gasteiger charge is 2.33. The topological polar surface area (TPSA) is 86.3 Å². The summed E-state index contributed by atoms with van der Waals surface area (Å²) in [4.78, 5) is 27.8. The summed E-state index contributed by atoms with van der Waals surface area (Å²) in [6.07, 6.45) is 2.60. The minimum atomic E-state index is -0.265. The van der Waals surface area contributed by atoms with E-state index in [1.54, 1.807) is 32.3 Å². The number of ether oxygens (including phenoxy) is 4. The lowest BCUT2D eigenvalue weighted by atomic mass is 10.0. The Morgan fingerprint density at radius 2 is 1.94 bits per heavy atom. The van der Waals surface area contributed by atoms with Crippen molar-refractivity contribution in [3.63, 3.8) is 0 Å². The van der Waals surface area contributed by atoms with Crippen LogP contribution in [0, 0.1) is 0 Å². The second-order valence-corrected chi connectivity index (χ2v) is 8.16. The van der Waals surface area contributed by atoms with Gasteiger partial charge in [0, 0.05) is 31.8 Å². The molecule has 1 N–H and O–H groups in total. The van der Waals surface area contributed by atoms with Gasteiger partial charge in [-0.05, 0) is 37.0 Å². The molecule has 0 aliphatic carbocycles. The van der Waals surface area contributed by atoms with Gasteiger partial charge in [-0.15, -0.1) is 0 Å². The third-order valence-corrected chi connectivity index (χ3v) is 6.17. The van der Waals surface area contributed by atoms with E-state index in [2.05, 4.69) is 5.32 Å². The zero-order valence-electron chi connectivity index (χ0n) is 19.3. The number of nitrogens with one attached hydrogen (secondary N) is 1. The number of hydrogen-bond acceptors (Lipinski definition) is 6. The van der Waals surface area contributed by atoms with E-state index < -0.39 is 0 Å². The quantitative estimate of drug-likeness (QED) is 0.627. The number of benzene rings is 2. The predicted octanol–water partition coefficient (Wildman–Crippen LogP) is 2.82. The fraction of sp³-hybridized carbons (Fsp3) is 0.440. The van der Waals surface area contributed by atoms with E-state index >= 15 is 0 Å². The van der Waals surface area contributed by atoms with Crippen LogP contribution in [0.1, 0.15) is 44.7 Å². The van der Waals surface area contributed by atoms with Crippen LogP contribution < -0.4 is 19.5 Å². The van der Waals surface area contributed by atoms with E-state index in [0.29, 0.717) is 54.4 Å². The first-order valence-electron chi connectivity index (χ1n) is 11.2. The number of carbonyl (C=O) groups is 2. The van der Waals surface area contributed by atoms with E-state index in [1.807, 2.05) is 24.3 Å². The maximum atomic E-state index is 13.1. The number of fused-ring (bicyclic) bond motifs is 1. The van der Waals surface area contributed by atoms with Gasteiger partial charge in [0.2, 0.25) is 5.75 Å². The molecule has 1 atom stereocenters. The highest BCUT2D eigenvalue weighted by atomic mass is 16.5. The summed E-state index contributed by atoms with van der Waals surface area (Å²) in [6, 6.07) is 9.14. The lowest BCUT2D eigenvalue weighted by Gasteiger charge is -2.19. The van der Waals surface area contributed by atoms with E-state index in [9.17, 15) is 9.59 Å². The van der Waals surface area contributed by atoms with Crippen molar-refractivity contribution in [2.75, 3.05) is 41.0 Å². The summed E-state index contributed by atoms with van der Waals surface area (Å²) in [7, 11) is 4.69. The number of nitrogens with zero attached hydrogens (tertiary/aromatic N) is 1. The first-order valence-corrected chi connectivity index (χ1v) is 11.2. The molecule has 2 aromatic rings. The molecule has 0 unspecified atom stereocenters. The number of amides is 2. The lowest BCUT2D eigenvalue weighted by molar-refractivity contribution is 0.0544. The molecule has 0 bridgehead atoms. The summed E-state index contributed by atoms with van der Waals surface area (Å²) in [5, 5.41) is 2.94. The minimum Gasteiger partial charge on any atom is -0.493 e. The van der Waals surface area contributed by atoms with E-state index in [-0.39, 0.29) is 17.9 Å². The molecule has 1 fully saturated rings. The number of methoxy groups -OCH3 is 3. The molecule has 176 valence electrons. The SMILES string of the molecule is COc1ccc(CCNC(=O)c2cccc3c2C(=O)N(C[C@@H]2CCCO2)C3)c(OC)c1OC. The molecular formula is C25H30N2O6. The largest absolute Gasteiger partial charge is 0.493 e. The van der Waals surface area contributed by atoms with Gasteiger partial charge in [0.05, 0.1) is 38.6 Å². The van der Waals surface area contributed by atoms with E-state index in [1.165, 1.54) is 0 Å². The van der Waals surface area contributed by atoms with Crippen LogP contribution in [-0.2, 0) is 17.7 Å². The molecule has 2 aliphatic heterocycles. The molecule has 0 radical (unpaired) electrons. The number of hydrogen-bond donors (Lipinski definition) is 1. The summed E-state index contributed by atoms with van der Waals surface area (Å²) >= 11 is 0. The lowest BCUT2D eigenvalue weighted by Crippen LogP contribution is -2.33. The molecule has 33 heavy (non-hydrogen) atoms.